The Bertz CT molecular complexity index is 647. The number of methoxy groups -OCH3 is 2. The number of furan rings is 1. The van der Waals surface area contributed by atoms with Gasteiger partial charge >= 0.3 is 0 Å². The number of ether oxygens (including phenoxy) is 2. The fourth-order valence-electron chi connectivity index (χ4n) is 2.75. The summed E-state index contributed by atoms with van der Waals surface area (Å²) in [7, 11) is 3.27. The molecule has 1 N–H and O–H groups in total. The third-order valence-electron chi connectivity index (χ3n) is 3.97. The molecule has 0 bridgehead atoms. The van der Waals surface area contributed by atoms with Crippen molar-refractivity contribution in [1.29, 1.82) is 0 Å². The van der Waals surface area contributed by atoms with Gasteiger partial charge in [0.15, 0.2) is 5.76 Å². The molecule has 1 atom stereocenters. The standard InChI is InChI=1S/C17H20N2O4/c1-21-14-8-13(9-15(10-14)22-2)19-6-5-12(11-19)18-17(20)16-4-3-7-23-16/h3-4,7-10,12H,5-6,11H2,1-2H3,(H,18,20)/t12-/m1/s1. The quantitative estimate of drug-likeness (QED) is 0.917. The molecular formula is C17H20N2O4. The van der Waals surface area contributed by atoms with E-state index >= 15 is 0 Å². The molecule has 1 aromatic carbocycles. The van der Waals surface area contributed by atoms with Gasteiger partial charge < -0.3 is 24.1 Å². The Kier molecular flexibility index (Phi) is 4.41. The molecule has 3 rings (SSSR count). The van der Waals surface area contributed by atoms with Crippen molar-refractivity contribution in [2.24, 2.45) is 0 Å². The zero-order valence-electron chi connectivity index (χ0n) is 13.2. The zero-order valence-corrected chi connectivity index (χ0v) is 13.2. The topological polar surface area (TPSA) is 63.9 Å². The van der Waals surface area contributed by atoms with Crippen LogP contribution < -0.4 is 19.7 Å². The van der Waals surface area contributed by atoms with Crippen molar-refractivity contribution in [3.05, 3.63) is 42.4 Å². The van der Waals surface area contributed by atoms with Crippen molar-refractivity contribution in [2.45, 2.75) is 12.5 Å². The second-order valence-corrected chi connectivity index (χ2v) is 5.45. The van der Waals surface area contributed by atoms with Gasteiger partial charge in [-0.1, -0.05) is 0 Å². The van der Waals surface area contributed by atoms with Crippen LogP contribution in [0, 0.1) is 0 Å². The Morgan fingerprint density at radius 3 is 2.61 bits per heavy atom. The lowest BCUT2D eigenvalue weighted by atomic mass is 10.2. The van der Waals surface area contributed by atoms with Crippen LogP contribution in [0.4, 0.5) is 5.69 Å². The Balaban J connectivity index is 1.66. The fourth-order valence-corrected chi connectivity index (χ4v) is 2.75. The lowest BCUT2D eigenvalue weighted by molar-refractivity contribution is 0.0912. The fraction of sp³-hybridized carbons (Fsp3) is 0.353. The summed E-state index contributed by atoms with van der Waals surface area (Å²) in [6.07, 6.45) is 2.38. The molecule has 122 valence electrons. The summed E-state index contributed by atoms with van der Waals surface area (Å²) in [4.78, 5) is 14.2. The lowest BCUT2D eigenvalue weighted by Crippen LogP contribution is -2.36. The lowest BCUT2D eigenvalue weighted by Gasteiger charge is -2.20. The van der Waals surface area contributed by atoms with Gasteiger partial charge in [-0.2, -0.15) is 0 Å². The first-order valence-corrected chi connectivity index (χ1v) is 7.52. The number of hydrogen-bond donors (Lipinski definition) is 1. The van der Waals surface area contributed by atoms with E-state index in [1.165, 1.54) is 6.26 Å². The van der Waals surface area contributed by atoms with Crippen LogP contribution in [0.2, 0.25) is 0 Å². The van der Waals surface area contributed by atoms with Gasteiger partial charge in [0.2, 0.25) is 0 Å². The van der Waals surface area contributed by atoms with E-state index < -0.39 is 0 Å². The SMILES string of the molecule is COc1cc(OC)cc(N2CC[C@@H](NC(=O)c3ccco3)C2)c1. The molecule has 0 aliphatic carbocycles. The van der Waals surface area contributed by atoms with E-state index in [1.807, 2.05) is 18.2 Å². The first kappa shape index (κ1) is 15.3. The van der Waals surface area contributed by atoms with E-state index in [-0.39, 0.29) is 11.9 Å². The smallest absolute Gasteiger partial charge is 0.287 e. The predicted molar refractivity (Wildman–Crippen MR) is 86.3 cm³/mol. The summed E-state index contributed by atoms with van der Waals surface area (Å²) in [5, 5.41) is 3.00. The highest BCUT2D eigenvalue weighted by Gasteiger charge is 2.25. The highest BCUT2D eigenvalue weighted by Crippen LogP contribution is 2.30. The zero-order chi connectivity index (χ0) is 16.2. The van der Waals surface area contributed by atoms with E-state index in [9.17, 15) is 4.79 Å². The van der Waals surface area contributed by atoms with Gasteiger partial charge in [0.1, 0.15) is 11.5 Å². The average Bonchev–Trinajstić information content (AvgIpc) is 3.26. The second-order valence-electron chi connectivity index (χ2n) is 5.45. The third kappa shape index (κ3) is 3.41. The van der Waals surface area contributed by atoms with Gasteiger partial charge in [0.25, 0.3) is 5.91 Å². The van der Waals surface area contributed by atoms with Gasteiger partial charge in [-0.05, 0) is 18.6 Å². The molecule has 0 unspecified atom stereocenters. The van der Waals surface area contributed by atoms with Crippen molar-refractivity contribution in [3.8, 4) is 11.5 Å². The average molecular weight is 316 g/mol. The first-order valence-electron chi connectivity index (χ1n) is 7.52. The number of hydrogen-bond acceptors (Lipinski definition) is 5. The van der Waals surface area contributed by atoms with Crippen LogP contribution in [0.3, 0.4) is 0 Å². The molecule has 0 spiro atoms. The molecule has 0 saturated carbocycles. The monoisotopic (exact) mass is 316 g/mol. The molecule has 0 radical (unpaired) electrons. The van der Waals surface area contributed by atoms with E-state index in [0.29, 0.717) is 5.76 Å². The van der Waals surface area contributed by atoms with Crippen LogP contribution in [0.25, 0.3) is 0 Å². The van der Waals surface area contributed by atoms with Crippen molar-refractivity contribution < 1.29 is 18.7 Å². The van der Waals surface area contributed by atoms with E-state index in [1.54, 1.807) is 26.4 Å². The normalized spacial score (nSPS) is 17.1. The third-order valence-corrected chi connectivity index (χ3v) is 3.97. The summed E-state index contributed by atoms with van der Waals surface area (Å²) >= 11 is 0. The van der Waals surface area contributed by atoms with Gasteiger partial charge in [-0.3, -0.25) is 4.79 Å². The summed E-state index contributed by atoms with van der Waals surface area (Å²) in [6.45, 7) is 1.60. The van der Waals surface area contributed by atoms with Crippen LogP contribution in [0.1, 0.15) is 17.0 Å². The van der Waals surface area contributed by atoms with Gasteiger partial charge in [0, 0.05) is 43.0 Å². The Morgan fingerprint density at radius 2 is 2.00 bits per heavy atom. The molecule has 1 fully saturated rings. The Morgan fingerprint density at radius 1 is 1.26 bits per heavy atom. The molecule has 2 heterocycles. The van der Waals surface area contributed by atoms with Gasteiger partial charge in [-0.15, -0.1) is 0 Å². The van der Waals surface area contributed by atoms with Crippen LogP contribution >= 0.6 is 0 Å². The van der Waals surface area contributed by atoms with E-state index in [4.69, 9.17) is 13.9 Å². The van der Waals surface area contributed by atoms with Crippen molar-refractivity contribution in [2.75, 3.05) is 32.2 Å². The number of nitrogens with zero attached hydrogens (tertiary/aromatic N) is 1. The van der Waals surface area contributed by atoms with Crippen molar-refractivity contribution >= 4 is 11.6 Å². The molecular weight excluding hydrogens is 296 g/mol. The Hall–Kier alpha value is -2.63. The minimum atomic E-state index is -0.176. The summed E-state index contributed by atoms with van der Waals surface area (Å²) in [6, 6.07) is 9.24. The van der Waals surface area contributed by atoms with E-state index in [2.05, 4.69) is 10.2 Å². The summed E-state index contributed by atoms with van der Waals surface area (Å²) in [5.74, 6) is 1.67. The maximum absolute atomic E-state index is 12.0. The molecule has 1 saturated heterocycles. The largest absolute Gasteiger partial charge is 0.497 e. The highest BCUT2D eigenvalue weighted by atomic mass is 16.5. The van der Waals surface area contributed by atoms with Gasteiger partial charge in [-0.25, -0.2) is 0 Å². The molecule has 1 aliphatic heterocycles. The Labute approximate surface area is 135 Å². The van der Waals surface area contributed by atoms with Crippen LogP contribution in [0.15, 0.2) is 41.0 Å². The molecule has 2 aromatic rings. The summed E-state index contributed by atoms with van der Waals surface area (Å²) in [5.41, 5.74) is 1.02. The van der Waals surface area contributed by atoms with Gasteiger partial charge in [0.05, 0.1) is 20.5 Å². The first-order chi connectivity index (χ1) is 11.2. The summed E-state index contributed by atoms with van der Waals surface area (Å²) < 4.78 is 15.7. The number of rotatable bonds is 5. The van der Waals surface area contributed by atoms with Crippen molar-refractivity contribution in [1.82, 2.24) is 5.32 Å². The van der Waals surface area contributed by atoms with Crippen LogP contribution in [-0.4, -0.2) is 39.3 Å². The maximum Gasteiger partial charge on any atom is 0.287 e. The molecule has 6 nitrogen and oxygen atoms in total. The molecule has 6 heteroatoms. The second kappa shape index (κ2) is 6.64. The number of carbonyl (C=O) groups excluding carboxylic acids is 1. The predicted octanol–water partition coefficient (Wildman–Crippen LogP) is 2.31. The minimum absolute atomic E-state index is 0.0878. The minimum Gasteiger partial charge on any atom is -0.497 e. The number of amides is 1. The number of benzene rings is 1. The molecule has 1 aliphatic rings. The van der Waals surface area contributed by atoms with E-state index in [0.717, 1.165) is 36.7 Å². The van der Waals surface area contributed by atoms with Crippen LogP contribution in [0.5, 0.6) is 11.5 Å². The molecule has 1 aromatic heterocycles. The highest BCUT2D eigenvalue weighted by molar-refractivity contribution is 5.91. The molecule has 23 heavy (non-hydrogen) atoms. The maximum atomic E-state index is 12.0. The number of anilines is 1. The molecule has 1 amide bonds. The van der Waals surface area contributed by atoms with Crippen LogP contribution in [-0.2, 0) is 0 Å². The number of nitrogens with one attached hydrogen (secondary N) is 1. The van der Waals surface area contributed by atoms with Crippen molar-refractivity contribution in [3.63, 3.8) is 0 Å². The number of carbonyl (C=O) groups is 1.